The van der Waals surface area contributed by atoms with Crippen LogP contribution in [-0.2, 0) is 19.3 Å². The number of hydrogen-bond acceptors (Lipinski definition) is 3. The number of carbonyl (C=O) groups is 1. The average Bonchev–Trinajstić information content (AvgIpc) is 3.35. The summed E-state index contributed by atoms with van der Waals surface area (Å²) >= 11 is 0. The third-order valence-electron chi connectivity index (χ3n) is 6.06. The van der Waals surface area contributed by atoms with Crippen molar-refractivity contribution in [3.63, 3.8) is 0 Å². The van der Waals surface area contributed by atoms with Gasteiger partial charge in [-0.15, -0.1) is 0 Å². The third-order valence-corrected chi connectivity index (χ3v) is 6.06. The molecule has 2 aliphatic carbocycles. The van der Waals surface area contributed by atoms with Gasteiger partial charge in [0.05, 0.1) is 23.6 Å². The number of rotatable bonds is 3. The minimum Gasteiger partial charge on any atom is -0.344 e. The number of aromatic amines is 1. The lowest BCUT2D eigenvalue weighted by atomic mass is 9.74. The number of amides is 1. The molecule has 7 heteroatoms. The first-order valence-electron chi connectivity index (χ1n) is 10.1. The fourth-order valence-electron chi connectivity index (χ4n) is 4.74. The van der Waals surface area contributed by atoms with Gasteiger partial charge in [0, 0.05) is 16.8 Å². The number of fused-ring (bicyclic) bond motifs is 2. The van der Waals surface area contributed by atoms with Gasteiger partial charge in [-0.1, -0.05) is 19.9 Å². The van der Waals surface area contributed by atoms with Crippen LogP contribution in [0.2, 0.25) is 0 Å². The molecular formula is C22H24FN5O. The third kappa shape index (κ3) is 3.14. The number of benzene rings is 1. The molecule has 2 aliphatic rings. The van der Waals surface area contributed by atoms with Crippen LogP contribution in [0, 0.1) is 11.2 Å². The fraction of sp³-hybridized carbons (Fsp3) is 0.409. The summed E-state index contributed by atoms with van der Waals surface area (Å²) in [6, 6.07) is 6.28. The lowest BCUT2D eigenvalue weighted by molar-refractivity contribution is 0.0913. The molecule has 1 atom stereocenters. The SMILES string of the molecule is CC1(C)Cc2c(cnn2-c2cccc(F)c2)[C@H](NC(=O)c2n[nH]c3c2CCC3)C1. The molecule has 2 aromatic heterocycles. The van der Waals surface area contributed by atoms with E-state index in [4.69, 9.17) is 0 Å². The van der Waals surface area contributed by atoms with E-state index in [1.54, 1.807) is 16.9 Å². The zero-order chi connectivity index (χ0) is 20.2. The van der Waals surface area contributed by atoms with Crippen LogP contribution in [0.25, 0.3) is 5.69 Å². The number of aromatic nitrogens is 4. The predicted molar refractivity (Wildman–Crippen MR) is 106 cm³/mol. The summed E-state index contributed by atoms with van der Waals surface area (Å²) in [5.74, 6) is -0.435. The van der Waals surface area contributed by atoms with Crippen molar-refractivity contribution in [3.05, 3.63) is 64.5 Å². The molecule has 0 radical (unpaired) electrons. The Bertz CT molecular complexity index is 1100. The van der Waals surface area contributed by atoms with E-state index in [1.165, 1.54) is 12.1 Å². The van der Waals surface area contributed by atoms with E-state index in [9.17, 15) is 9.18 Å². The van der Waals surface area contributed by atoms with E-state index in [-0.39, 0.29) is 23.2 Å². The number of aryl methyl sites for hydroxylation is 1. The molecule has 0 aliphatic heterocycles. The highest BCUT2D eigenvalue weighted by atomic mass is 19.1. The van der Waals surface area contributed by atoms with E-state index < -0.39 is 0 Å². The Hall–Kier alpha value is -2.96. The number of H-pyrrole nitrogens is 1. The quantitative estimate of drug-likeness (QED) is 0.713. The van der Waals surface area contributed by atoms with Crippen LogP contribution in [0.3, 0.4) is 0 Å². The molecule has 1 amide bonds. The second-order valence-electron chi connectivity index (χ2n) is 8.89. The van der Waals surface area contributed by atoms with E-state index in [2.05, 4.69) is 34.5 Å². The van der Waals surface area contributed by atoms with E-state index in [0.717, 1.165) is 54.6 Å². The summed E-state index contributed by atoms with van der Waals surface area (Å²) < 4.78 is 15.5. The molecule has 0 saturated carbocycles. The summed E-state index contributed by atoms with van der Waals surface area (Å²) in [5.41, 5.74) is 5.33. The van der Waals surface area contributed by atoms with Crippen molar-refractivity contribution in [2.24, 2.45) is 5.41 Å². The first-order chi connectivity index (χ1) is 13.9. The summed E-state index contributed by atoms with van der Waals surface area (Å²) in [6.07, 6.45) is 6.33. The minimum atomic E-state index is -0.293. The second kappa shape index (κ2) is 6.54. The maximum atomic E-state index is 13.8. The first kappa shape index (κ1) is 18.1. The summed E-state index contributed by atoms with van der Waals surface area (Å²) in [6.45, 7) is 4.37. The van der Waals surface area contributed by atoms with Crippen LogP contribution < -0.4 is 5.32 Å². The van der Waals surface area contributed by atoms with Gasteiger partial charge in [-0.3, -0.25) is 9.89 Å². The number of carbonyl (C=O) groups excluding carboxylic acids is 1. The molecule has 29 heavy (non-hydrogen) atoms. The molecule has 0 saturated heterocycles. The Morgan fingerprint density at radius 1 is 1.34 bits per heavy atom. The van der Waals surface area contributed by atoms with E-state index in [0.29, 0.717) is 11.4 Å². The van der Waals surface area contributed by atoms with Crippen molar-refractivity contribution >= 4 is 5.91 Å². The molecule has 5 rings (SSSR count). The van der Waals surface area contributed by atoms with Crippen molar-refractivity contribution in [1.82, 2.24) is 25.3 Å². The summed E-state index contributed by atoms with van der Waals surface area (Å²) in [4.78, 5) is 13.0. The summed E-state index contributed by atoms with van der Waals surface area (Å²) in [7, 11) is 0. The molecule has 150 valence electrons. The van der Waals surface area contributed by atoms with Crippen molar-refractivity contribution in [2.45, 2.75) is 52.0 Å². The molecular weight excluding hydrogens is 369 g/mol. The summed E-state index contributed by atoms with van der Waals surface area (Å²) in [5, 5.41) is 15.0. The maximum absolute atomic E-state index is 13.8. The van der Waals surface area contributed by atoms with Gasteiger partial charge in [0.25, 0.3) is 5.91 Å². The van der Waals surface area contributed by atoms with Crippen LogP contribution in [-0.4, -0.2) is 25.9 Å². The molecule has 0 unspecified atom stereocenters. The monoisotopic (exact) mass is 393 g/mol. The van der Waals surface area contributed by atoms with Gasteiger partial charge in [-0.2, -0.15) is 10.2 Å². The first-order valence-corrected chi connectivity index (χ1v) is 10.1. The molecule has 0 bridgehead atoms. The molecule has 2 N–H and O–H groups in total. The van der Waals surface area contributed by atoms with Crippen molar-refractivity contribution in [1.29, 1.82) is 0 Å². The van der Waals surface area contributed by atoms with Crippen molar-refractivity contribution < 1.29 is 9.18 Å². The van der Waals surface area contributed by atoms with Crippen LogP contribution in [0.1, 0.15) is 65.7 Å². The standard InChI is InChI=1S/C22H24FN5O/c1-22(2)10-18(25-21(29)20-15-7-4-8-17(15)26-27-20)16-12-24-28(19(16)11-22)14-6-3-5-13(23)9-14/h3,5-6,9,12,18H,4,7-8,10-11H2,1-2H3,(H,25,29)(H,26,27)/t18-/m1/s1. The number of hydrogen-bond donors (Lipinski definition) is 2. The van der Waals surface area contributed by atoms with Crippen molar-refractivity contribution in [3.8, 4) is 5.69 Å². The largest absolute Gasteiger partial charge is 0.344 e. The van der Waals surface area contributed by atoms with Crippen LogP contribution in [0.15, 0.2) is 30.5 Å². The number of nitrogens with one attached hydrogen (secondary N) is 2. The van der Waals surface area contributed by atoms with Gasteiger partial charge >= 0.3 is 0 Å². The van der Waals surface area contributed by atoms with Crippen LogP contribution in [0.4, 0.5) is 4.39 Å². The smallest absolute Gasteiger partial charge is 0.272 e. The Labute approximate surface area is 168 Å². The average molecular weight is 393 g/mol. The predicted octanol–water partition coefficient (Wildman–Crippen LogP) is 3.67. The normalized spacial score (nSPS) is 19.6. The van der Waals surface area contributed by atoms with Gasteiger partial charge in [-0.05, 0) is 55.7 Å². The van der Waals surface area contributed by atoms with E-state index >= 15 is 0 Å². The highest BCUT2D eigenvalue weighted by Gasteiger charge is 2.37. The van der Waals surface area contributed by atoms with E-state index in [1.807, 2.05) is 6.07 Å². The highest BCUT2D eigenvalue weighted by molar-refractivity contribution is 5.94. The molecule has 0 fully saturated rings. The Kier molecular flexibility index (Phi) is 4.08. The highest BCUT2D eigenvalue weighted by Crippen LogP contribution is 2.41. The molecule has 1 aromatic carbocycles. The molecule has 6 nitrogen and oxygen atoms in total. The van der Waals surface area contributed by atoms with Crippen molar-refractivity contribution in [2.75, 3.05) is 0 Å². The lowest BCUT2D eigenvalue weighted by Gasteiger charge is -2.35. The van der Waals surface area contributed by atoms with Gasteiger partial charge in [0.15, 0.2) is 5.69 Å². The molecule has 0 spiro atoms. The Morgan fingerprint density at radius 3 is 3.03 bits per heavy atom. The molecule has 3 aromatic rings. The van der Waals surface area contributed by atoms with Gasteiger partial charge < -0.3 is 5.32 Å². The van der Waals surface area contributed by atoms with Crippen LogP contribution in [0.5, 0.6) is 0 Å². The zero-order valence-electron chi connectivity index (χ0n) is 16.6. The lowest BCUT2D eigenvalue weighted by Crippen LogP contribution is -2.37. The minimum absolute atomic E-state index is 0.0242. The molecule has 2 heterocycles. The van der Waals surface area contributed by atoms with Gasteiger partial charge in [0.1, 0.15) is 5.82 Å². The Morgan fingerprint density at radius 2 is 2.21 bits per heavy atom. The van der Waals surface area contributed by atoms with Gasteiger partial charge in [-0.25, -0.2) is 9.07 Å². The fourth-order valence-corrected chi connectivity index (χ4v) is 4.74. The second-order valence-corrected chi connectivity index (χ2v) is 8.89. The number of nitrogens with zero attached hydrogens (tertiary/aromatic N) is 3. The maximum Gasteiger partial charge on any atom is 0.272 e. The number of halogens is 1. The Balaban J connectivity index is 1.48. The van der Waals surface area contributed by atoms with Crippen LogP contribution >= 0.6 is 0 Å². The zero-order valence-corrected chi connectivity index (χ0v) is 16.6. The topological polar surface area (TPSA) is 75.6 Å². The van der Waals surface area contributed by atoms with Gasteiger partial charge in [0.2, 0.25) is 0 Å².